The molecule has 1 saturated heterocycles. The summed E-state index contributed by atoms with van der Waals surface area (Å²) in [6.07, 6.45) is 10.5. The number of hydrogen-bond acceptors (Lipinski definition) is 2. The largest absolute Gasteiger partial charge is 0.360 e. The van der Waals surface area contributed by atoms with E-state index in [0.717, 1.165) is 35.7 Å². The van der Waals surface area contributed by atoms with Gasteiger partial charge in [-0.25, -0.2) is 4.39 Å². The van der Waals surface area contributed by atoms with Crippen LogP contribution in [0.5, 0.6) is 0 Å². The molecule has 5 rings (SSSR count). The SMILES string of the molecule is CC1CC2C=C(c3c[nH]c(-c4ccc(F)cc4)c3-c3ccncc3)CCN2C1. The van der Waals surface area contributed by atoms with Crippen LogP contribution in [0.4, 0.5) is 4.39 Å². The van der Waals surface area contributed by atoms with Crippen LogP contribution in [0, 0.1) is 11.7 Å². The van der Waals surface area contributed by atoms with Gasteiger partial charge in [-0.1, -0.05) is 13.0 Å². The van der Waals surface area contributed by atoms with Gasteiger partial charge in [0.1, 0.15) is 5.82 Å². The smallest absolute Gasteiger partial charge is 0.123 e. The number of rotatable bonds is 3. The predicted molar refractivity (Wildman–Crippen MR) is 111 cm³/mol. The Kier molecular flexibility index (Phi) is 4.36. The van der Waals surface area contributed by atoms with Crippen LogP contribution < -0.4 is 0 Å². The molecular weight excluding hydrogens is 349 g/mol. The first-order valence-electron chi connectivity index (χ1n) is 10.0. The molecule has 0 aliphatic carbocycles. The molecule has 2 aliphatic rings. The van der Waals surface area contributed by atoms with Crippen LogP contribution in [0.3, 0.4) is 0 Å². The Bertz CT molecular complexity index is 1000. The van der Waals surface area contributed by atoms with Crippen LogP contribution in [0.2, 0.25) is 0 Å². The molecule has 0 amide bonds. The highest BCUT2D eigenvalue weighted by atomic mass is 19.1. The Labute approximate surface area is 164 Å². The normalized spacial score (nSPS) is 22.1. The third kappa shape index (κ3) is 3.08. The lowest BCUT2D eigenvalue weighted by atomic mass is 9.90. The summed E-state index contributed by atoms with van der Waals surface area (Å²) in [5.41, 5.74) is 7.00. The fourth-order valence-electron chi connectivity index (χ4n) is 4.75. The predicted octanol–water partition coefficient (Wildman–Crippen LogP) is 5.38. The van der Waals surface area contributed by atoms with Crippen molar-refractivity contribution in [3.8, 4) is 22.4 Å². The molecule has 28 heavy (non-hydrogen) atoms. The highest BCUT2D eigenvalue weighted by Crippen LogP contribution is 2.41. The molecule has 2 aliphatic heterocycles. The van der Waals surface area contributed by atoms with Gasteiger partial charge in [0.25, 0.3) is 0 Å². The maximum atomic E-state index is 13.4. The number of hydrogen-bond donors (Lipinski definition) is 1. The van der Waals surface area contributed by atoms with Crippen molar-refractivity contribution in [2.24, 2.45) is 5.92 Å². The molecule has 142 valence electrons. The minimum atomic E-state index is -0.216. The third-order valence-corrected chi connectivity index (χ3v) is 6.05. The molecule has 1 aromatic carbocycles. The Morgan fingerprint density at radius 3 is 2.64 bits per heavy atom. The lowest BCUT2D eigenvalue weighted by Gasteiger charge is -2.28. The van der Waals surface area contributed by atoms with Gasteiger partial charge in [0, 0.05) is 48.8 Å². The van der Waals surface area contributed by atoms with Crippen molar-refractivity contribution in [3.05, 3.63) is 72.4 Å². The van der Waals surface area contributed by atoms with Crippen molar-refractivity contribution >= 4 is 5.57 Å². The maximum absolute atomic E-state index is 13.4. The van der Waals surface area contributed by atoms with Crippen LogP contribution in [-0.4, -0.2) is 34.0 Å². The summed E-state index contributed by atoms with van der Waals surface area (Å²) < 4.78 is 13.4. The van der Waals surface area contributed by atoms with Gasteiger partial charge in [0.05, 0.1) is 5.69 Å². The fraction of sp³-hybridized carbons (Fsp3) is 0.292. The summed E-state index contributed by atoms with van der Waals surface area (Å²) in [5.74, 6) is 0.549. The monoisotopic (exact) mass is 373 g/mol. The number of fused-ring (bicyclic) bond motifs is 1. The molecule has 2 aromatic heterocycles. The standard InChI is InChI=1S/C24H24FN3/c1-16-12-21-13-19(8-11-28(21)15-16)22-14-27-24(18-2-4-20(25)5-3-18)23(22)17-6-9-26-10-7-17/h2-7,9-10,13-14,16,21,27H,8,11-12,15H2,1H3. The number of aromatic amines is 1. The summed E-state index contributed by atoms with van der Waals surface area (Å²) >= 11 is 0. The maximum Gasteiger partial charge on any atom is 0.123 e. The second kappa shape index (κ2) is 7.02. The Hall–Kier alpha value is -2.72. The van der Waals surface area contributed by atoms with Crippen molar-refractivity contribution in [2.45, 2.75) is 25.8 Å². The average molecular weight is 373 g/mol. The van der Waals surface area contributed by atoms with E-state index in [4.69, 9.17) is 0 Å². The Morgan fingerprint density at radius 1 is 1.07 bits per heavy atom. The molecule has 4 heteroatoms. The Morgan fingerprint density at radius 2 is 1.86 bits per heavy atom. The van der Waals surface area contributed by atoms with E-state index < -0.39 is 0 Å². The quantitative estimate of drug-likeness (QED) is 0.668. The molecule has 2 unspecified atom stereocenters. The van der Waals surface area contributed by atoms with Crippen LogP contribution >= 0.6 is 0 Å². The van der Waals surface area contributed by atoms with Crippen molar-refractivity contribution < 1.29 is 4.39 Å². The summed E-state index contributed by atoms with van der Waals surface area (Å²) in [7, 11) is 0. The molecule has 0 saturated carbocycles. The van der Waals surface area contributed by atoms with Crippen LogP contribution in [0.15, 0.2) is 61.1 Å². The zero-order chi connectivity index (χ0) is 19.1. The summed E-state index contributed by atoms with van der Waals surface area (Å²) in [6, 6.07) is 11.4. The number of pyridine rings is 1. The number of halogens is 1. The first-order valence-corrected chi connectivity index (χ1v) is 10.0. The number of nitrogens with one attached hydrogen (secondary N) is 1. The molecule has 3 aromatic rings. The molecule has 1 N–H and O–H groups in total. The minimum Gasteiger partial charge on any atom is -0.360 e. The molecule has 0 radical (unpaired) electrons. The van der Waals surface area contributed by atoms with Gasteiger partial charge in [0.15, 0.2) is 0 Å². The zero-order valence-corrected chi connectivity index (χ0v) is 16.0. The van der Waals surface area contributed by atoms with Crippen molar-refractivity contribution in [1.29, 1.82) is 0 Å². The van der Waals surface area contributed by atoms with Gasteiger partial charge in [-0.05, 0) is 71.9 Å². The zero-order valence-electron chi connectivity index (χ0n) is 16.0. The van der Waals surface area contributed by atoms with Crippen molar-refractivity contribution in [3.63, 3.8) is 0 Å². The molecule has 0 bridgehead atoms. The van der Waals surface area contributed by atoms with Crippen LogP contribution in [0.25, 0.3) is 28.0 Å². The molecule has 0 spiro atoms. The number of nitrogens with zero attached hydrogens (tertiary/aromatic N) is 2. The lowest BCUT2D eigenvalue weighted by molar-refractivity contribution is 0.283. The van der Waals surface area contributed by atoms with Gasteiger partial charge in [-0.15, -0.1) is 0 Å². The van der Waals surface area contributed by atoms with E-state index in [1.54, 1.807) is 0 Å². The number of aromatic nitrogens is 2. The second-order valence-electron chi connectivity index (χ2n) is 8.04. The number of H-pyrrole nitrogens is 1. The summed E-state index contributed by atoms with van der Waals surface area (Å²) in [4.78, 5) is 10.3. The van der Waals surface area contributed by atoms with Gasteiger partial charge >= 0.3 is 0 Å². The van der Waals surface area contributed by atoms with Crippen molar-refractivity contribution in [1.82, 2.24) is 14.9 Å². The first kappa shape index (κ1) is 17.4. The summed E-state index contributed by atoms with van der Waals surface area (Å²) in [5, 5.41) is 0. The van der Waals surface area contributed by atoms with Crippen LogP contribution in [-0.2, 0) is 0 Å². The van der Waals surface area contributed by atoms with E-state index in [0.29, 0.717) is 6.04 Å². The summed E-state index contributed by atoms with van der Waals surface area (Å²) in [6.45, 7) is 4.67. The molecule has 4 heterocycles. The van der Waals surface area contributed by atoms with E-state index in [-0.39, 0.29) is 5.82 Å². The highest BCUT2D eigenvalue weighted by molar-refractivity contribution is 5.91. The number of benzene rings is 1. The van der Waals surface area contributed by atoms with E-state index >= 15 is 0 Å². The van der Waals surface area contributed by atoms with E-state index in [2.05, 4.69) is 34.1 Å². The van der Waals surface area contributed by atoms with Crippen molar-refractivity contribution in [2.75, 3.05) is 13.1 Å². The second-order valence-corrected chi connectivity index (χ2v) is 8.04. The lowest BCUT2D eigenvalue weighted by Crippen LogP contribution is -2.32. The van der Waals surface area contributed by atoms with E-state index in [1.807, 2.05) is 36.7 Å². The highest BCUT2D eigenvalue weighted by Gasteiger charge is 2.32. The third-order valence-electron chi connectivity index (χ3n) is 6.05. The Balaban J connectivity index is 1.63. The van der Waals surface area contributed by atoms with Gasteiger partial charge in [0.2, 0.25) is 0 Å². The van der Waals surface area contributed by atoms with Gasteiger partial charge in [-0.3, -0.25) is 9.88 Å². The van der Waals surface area contributed by atoms with Gasteiger partial charge in [-0.2, -0.15) is 0 Å². The fourth-order valence-corrected chi connectivity index (χ4v) is 4.75. The van der Waals surface area contributed by atoms with Crippen LogP contribution in [0.1, 0.15) is 25.3 Å². The van der Waals surface area contributed by atoms with E-state index in [1.165, 1.54) is 41.8 Å². The van der Waals surface area contributed by atoms with Gasteiger partial charge < -0.3 is 4.98 Å². The molecule has 3 nitrogen and oxygen atoms in total. The minimum absolute atomic E-state index is 0.216. The van der Waals surface area contributed by atoms with E-state index in [9.17, 15) is 4.39 Å². The first-order chi connectivity index (χ1) is 13.7. The molecular formula is C24H24FN3. The molecule has 1 fully saturated rings. The molecule has 2 atom stereocenters. The average Bonchev–Trinajstić information content (AvgIpc) is 3.31. The topological polar surface area (TPSA) is 31.9 Å².